The first-order valence-corrected chi connectivity index (χ1v) is 9.66. The molecule has 152 valence electrons. The Bertz CT molecular complexity index is 747. The average molecular weight is 388 g/mol. The number of methoxy groups -OCH3 is 1. The van der Waals surface area contributed by atoms with Crippen LogP contribution in [-0.2, 0) is 22.6 Å². The quantitative estimate of drug-likeness (QED) is 0.699. The maximum atomic E-state index is 12.8. The van der Waals surface area contributed by atoms with Gasteiger partial charge in [0.2, 0.25) is 0 Å². The molecule has 1 N–H and O–H groups in total. The molecule has 1 aromatic heterocycles. The Kier molecular flexibility index (Phi) is 7.39. The van der Waals surface area contributed by atoms with Gasteiger partial charge >= 0.3 is 6.03 Å². The van der Waals surface area contributed by atoms with Gasteiger partial charge in [0.15, 0.2) is 5.82 Å². The molecule has 1 aliphatic rings. The maximum absolute atomic E-state index is 12.8. The summed E-state index contributed by atoms with van der Waals surface area (Å²) < 4.78 is 15.6. The van der Waals surface area contributed by atoms with Gasteiger partial charge in [0, 0.05) is 20.2 Å². The molecule has 0 saturated carbocycles. The van der Waals surface area contributed by atoms with Crippen LogP contribution in [0.2, 0.25) is 0 Å². The largest absolute Gasteiger partial charge is 0.382 e. The number of aromatic nitrogens is 2. The zero-order valence-corrected chi connectivity index (χ0v) is 16.5. The highest BCUT2D eigenvalue weighted by Gasteiger charge is 2.31. The van der Waals surface area contributed by atoms with E-state index in [0.29, 0.717) is 38.0 Å². The van der Waals surface area contributed by atoms with Crippen molar-refractivity contribution in [1.82, 2.24) is 20.4 Å². The number of hydrogen-bond donors (Lipinski definition) is 1. The molecule has 0 spiro atoms. The molecule has 8 heteroatoms. The van der Waals surface area contributed by atoms with Crippen molar-refractivity contribution in [2.24, 2.45) is 0 Å². The summed E-state index contributed by atoms with van der Waals surface area (Å²) in [6.07, 6.45) is 2.82. The van der Waals surface area contributed by atoms with Crippen molar-refractivity contribution in [3.8, 4) is 0 Å². The van der Waals surface area contributed by atoms with Crippen LogP contribution in [0.4, 0.5) is 4.79 Å². The summed E-state index contributed by atoms with van der Waals surface area (Å²) in [7, 11) is 1.62. The number of carbonyl (C=O) groups is 1. The molecule has 2 heterocycles. The molecule has 28 heavy (non-hydrogen) atoms. The zero-order valence-electron chi connectivity index (χ0n) is 16.5. The van der Waals surface area contributed by atoms with Crippen LogP contribution >= 0.6 is 0 Å². The Labute approximate surface area is 165 Å². The summed E-state index contributed by atoms with van der Waals surface area (Å²) in [5.41, 5.74) is 2.27. The molecular weight excluding hydrogens is 360 g/mol. The standard InChI is InChI=1S/C20H28N4O4/c1-15-6-8-16(9-7-15)13-21-20(25)24-10-4-3-5-17(24)19-22-18(28-23-19)14-27-12-11-26-2/h6-9,17H,3-5,10-14H2,1-2H3,(H,21,25). The second-order valence-corrected chi connectivity index (χ2v) is 6.94. The lowest BCUT2D eigenvalue weighted by Crippen LogP contribution is -2.44. The highest BCUT2D eigenvalue weighted by Crippen LogP contribution is 2.29. The molecule has 0 radical (unpaired) electrons. The Morgan fingerprint density at radius 2 is 2.11 bits per heavy atom. The molecule has 1 fully saturated rings. The predicted octanol–water partition coefficient (Wildman–Crippen LogP) is 2.98. The van der Waals surface area contributed by atoms with E-state index in [-0.39, 0.29) is 18.7 Å². The lowest BCUT2D eigenvalue weighted by atomic mass is 10.0. The smallest absolute Gasteiger partial charge is 0.318 e. The molecule has 2 amide bonds. The number of likely N-dealkylation sites (tertiary alicyclic amines) is 1. The summed E-state index contributed by atoms with van der Waals surface area (Å²) in [6, 6.07) is 7.86. The van der Waals surface area contributed by atoms with Gasteiger partial charge in [0.05, 0.1) is 19.3 Å². The van der Waals surface area contributed by atoms with Crippen molar-refractivity contribution in [3.63, 3.8) is 0 Å². The van der Waals surface area contributed by atoms with Crippen molar-refractivity contribution in [2.75, 3.05) is 26.9 Å². The predicted molar refractivity (Wildman–Crippen MR) is 103 cm³/mol. The van der Waals surface area contributed by atoms with Gasteiger partial charge in [0.25, 0.3) is 5.89 Å². The third kappa shape index (κ3) is 5.53. The van der Waals surface area contributed by atoms with E-state index >= 15 is 0 Å². The summed E-state index contributed by atoms with van der Waals surface area (Å²) >= 11 is 0. The summed E-state index contributed by atoms with van der Waals surface area (Å²) in [4.78, 5) is 19.0. The molecule has 1 aliphatic heterocycles. The molecule has 1 aromatic carbocycles. The van der Waals surface area contributed by atoms with Gasteiger partial charge in [-0.05, 0) is 31.7 Å². The summed E-state index contributed by atoms with van der Waals surface area (Å²) in [6.45, 7) is 4.43. The Morgan fingerprint density at radius 1 is 1.29 bits per heavy atom. The minimum Gasteiger partial charge on any atom is -0.382 e. The van der Waals surface area contributed by atoms with E-state index in [4.69, 9.17) is 14.0 Å². The number of ether oxygens (including phenoxy) is 2. The van der Waals surface area contributed by atoms with Crippen molar-refractivity contribution in [1.29, 1.82) is 0 Å². The number of urea groups is 1. The molecule has 2 aromatic rings. The molecule has 3 rings (SSSR count). The van der Waals surface area contributed by atoms with E-state index in [0.717, 1.165) is 24.8 Å². The van der Waals surface area contributed by atoms with Crippen LogP contribution in [0.3, 0.4) is 0 Å². The molecule has 1 saturated heterocycles. The van der Waals surface area contributed by atoms with Gasteiger partial charge in [-0.3, -0.25) is 0 Å². The lowest BCUT2D eigenvalue weighted by Gasteiger charge is -2.33. The van der Waals surface area contributed by atoms with Crippen molar-refractivity contribution >= 4 is 6.03 Å². The number of amides is 2. The number of nitrogens with one attached hydrogen (secondary N) is 1. The first-order valence-electron chi connectivity index (χ1n) is 9.66. The highest BCUT2D eigenvalue weighted by atomic mass is 16.5. The van der Waals surface area contributed by atoms with E-state index in [9.17, 15) is 4.79 Å². The van der Waals surface area contributed by atoms with Gasteiger partial charge < -0.3 is 24.2 Å². The van der Waals surface area contributed by atoms with E-state index in [1.54, 1.807) is 12.0 Å². The number of piperidine rings is 1. The van der Waals surface area contributed by atoms with Crippen LogP contribution in [0.1, 0.15) is 48.1 Å². The average Bonchev–Trinajstić information content (AvgIpc) is 3.19. The van der Waals surface area contributed by atoms with Crippen LogP contribution in [0.15, 0.2) is 28.8 Å². The Hall–Kier alpha value is -2.45. The van der Waals surface area contributed by atoms with Crippen LogP contribution < -0.4 is 5.32 Å². The SMILES string of the molecule is COCCOCc1nc(C2CCCCN2C(=O)NCc2ccc(C)cc2)no1. The maximum Gasteiger partial charge on any atom is 0.318 e. The highest BCUT2D eigenvalue weighted by molar-refractivity contribution is 5.74. The number of hydrogen-bond acceptors (Lipinski definition) is 6. The second kappa shape index (κ2) is 10.2. The minimum atomic E-state index is -0.178. The van der Waals surface area contributed by atoms with Crippen LogP contribution in [-0.4, -0.2) is 47.9 Å². The van der Waals surface area contributed by atoms with Crippen molar-refractivity contribution in [3.05, 3.63) is 47.1 Å². The third-order valence-electron chi connectivity index (χ3n) is 4.77. The lowest BCUT2D eigenvalue weighted by molar-refractivity contribution is 0.0494. The number of aryl methyl sites for hydroxylation is 1. The monoisotopic (exact) mass is 388 g/mol. The van der Waals surface area contributed by atoms with Crippen LogP contribution in [0.5, 0.6) is 0 Å². The van der Waals surface area contributed by atoms with Gasteiger partial charge in [-0.25, -0.2) is 4.79 Å². The summed E-state index contributed by atoms with van der Waals surface area (Å²) in [5, 5.41) is 7.09. The van der Waals surface area contributed by atoms with E-state index in [1.165, 1.54) is 5.56 Å². The van der Waals surface area contributed by atoms with Gasteiger partial charge in [-0.2, -0.15) is 4.98 Å². The fourth-order valence-electron chi connectivity index (χ4n) is 3.19. The molecule has 1 atom stereocenters. The van der Waals surface area contributed by atoms with Crippen LogP contribution in [0, 0.1) is 6.92 Å². The molecule has 0 bridgehead atoms. The third-order valence-corrected chi connectivity index (χ3v) is 4.77. The second-order valence-electron chi connectivity index (χ2n) is 6.94. The number of rotatable bonds is 8. The van der Waals surface area contributed by atoms with Gasteiger partial charge in [-0.1, -0.05) is 35.0 Å². The first-order chi connectivity index (χ1) is 13.7. The molecule has 0 aliphatic carbocycles. The van der Waals surface area contributed by atoms with E-state index in [1.807, 2.05) is 31.2 Å². The fraction of sp³-hybridized carbons (Fsp3) is 0.550. The Morgan fingerprint density at radius 3 is 2.89 bits per heavy atom. The number of nitrogens with zero attached hydrogens (tertiary/aromatic N) is 3. The molecular formula is C20H28N4O4. The van der Waals surface area contributed by atoms with Crippen LogP contribution in [0.25, 0.3) is 0 Å². The molecule has 1 unspecified atom stereocenters. The minimum absolute atomic E-state index is 0.104. The molecule has 8 nitrogen and oxygen atoms in total. The number of benzene rings is 1. The van der Waals surface area contributed by atoms with E-state index < -0.39 is 0 Å². The first kappa shape index (κ1) is 20.3. The number of carbonyl (C=O) groups excluding carboxylic acids is 1. The van der Waals surface area contributed by atoms with Gasteiger partial charge in [-0.15, -0.1) is 0 Å². The Balaban J connectivity index is 1.57. The zero-order chi connectivity index (χ0) is 19.8. The normalized spacial score (nSPS) is 16.9. The van der Waals surface area contributed by atoms with Crippen molar-refractivity contribution in [2.45, 2.75) is 45.4 Å². The van der Waals surface area contributed by atoms with Gasteiger partial charge in [0.1, 0.15) is 6.61 Å². The van der Waals surface area contributed by atoms with E-state index in [2.05, 4.69) is 15.5 Å². The fourth-order valence-corrected chi connectivity index (χ4v) is 3.19. The summed E-state index contributed by atoms with van der Waals surface area (Å²) in [5.74, 6) is 0.951. The van der Waals surface area contributed by atoms with Crippen molar-refractivity contribution < 1.29 is 18.8 Å². The topological polar surface area (TPSA) is 89.7 Å².